The van der Waals surface area contributed by atoms with E-state index < -0.39 is 52.0 Å². The molecule has 3 aliphatic carbocycles. The van der Waals surface area contributed by atoms with Crippen molar-refractivity contribution in [3.63, 3.8) is 0 Å². The fourth-order valence-electron chi connectivity index (χ4n) is 5.28. The smallest absolute Gasteiger partial charge is 0.255 e. The number of carbonyl (C=O) groups is 3. The Kier molecular flexibility index (Phi) is 4.12. The number of hydrogen-bond donors (Lipinski definition) is 5. The molecule has 9 heteroatoms. The molecule has 2 aromatic rings. The first kappa shape index (κ1) is 20.1. The van der Waals surface area contributed by atoms with Gasteiger partial charge in [-0.25, -0.2) is 0 Å². The Morgan fingerprint density at radius 1 is 1.12 bits per heavy atom. The van der Waals surface area contributed by atoms with Crippen LogP contribution in [0.5, 0.6) is 5.75 Å². The van der Waals surface area contributed by atoms with Crippen LogP contribution in [0, 0.1) is 11.8 Å². The van der Waals surface area contributed by atoms with Gasteiger partial charge >= 0.3 is 0 Å². The topological polar surface area (TPSA) is 171 Å². The van der Waals surface area contributed by atoms with Gasteiger partial charge in [0.2, 0.25) is 5.78 Å². The number of phenols is 1. The summed E-state index contributed by atoms with van der Waals surface area (Å²) < 4.78 is 5.46. The fourth-order valence-corrected chi connectivity index (χ4v) is 5.28. The normalized spacial score (nSPS) is 27.2. The summed E-state index contributed by atoms with van der Waals surface area (Å²) >= 11 is 0. The molecule has 3 atom stereocenters. The van der Waals surface area contributed by atoms with Crippen molar-refractivity contribution in [2.45, 2.75) is 24.9 Å². The summed E-state index contributed by atoms with van der Waals surface area (Å²) in [6, 6.07) is 6.38. The molecule has 0 saturated carbocycles. The molecule has 32 heavy (non-hydrogen) atoms. The molecule has 1 amide bonds. The van der Waals surface area contributed by atoms with Gasteiger partial charge < -0.3 is 30.6 Å². The molecule has 0 spiro atoms. The number of carbonyl (C=O) groups excluding carboxylic acids is 3. The minimum atomic E-state index is -2.57. The van der Waals surface area contributed by atoms with Crippen molar-refractivity contribution in [3.05, 3.63) is 64.3 Å². The van der Waals surface area contributed by atoms with Crippen LogP contribution in [0.1, 0.15) is 28.8 Å². The molecule has 0 fully saturated rings. The lowest BCUT2D eigenvalue weighted by molar-refractivity contribution is -0.144. The van der Waals surface area contributed by atoms with Crippen molar-refractivity contribution in [2.75, 3.05) is 0 Å². The van der Waals surface area contributed by atoms with Gasteiger partial charge in [0.1, 0.15) is 28.6 Å². The summed E-state index contributed by atoms with van der Waals surface area (Å²) in [5, 5.41) is 42.8. The summed E-state index contributed by atoms with van der Waals surface area (Å²) in [6.07, 6.45) is 1.52. The monoisotopic (exact) mass is 437 g/mol. The van der Waals surface area contributed by atoms with Crippen LogP contribution in [0.4, 0.5) is 0 Å². The van der Waals surface area contributed by atoms with E-state index in [4.69, 9.17) is 10.2 Å². The molecule has 1 aromatic heterocycles. The molecular formula is C23H19NO8. The van der Waals surface area contributed by atoms with E-state index in [-0.39, 0.29) is 36.1 Å². The summed E-state index contributed by atoms with van der Waals surface area (Å²) in [7, 11) is 0. The molecule has 164 valence electrons. The van der Waals surface area contributed by atoms with Crippen molar-refractivity contribution >= 4 is 17.5 Å². The second kappa shape index (κ2) is 6.57. The molecular weight excluding hydrogens is 418 g/mol. The highest BCUT2D eigenvalue weighted by atomic mass is 16.3. The molecule has 0 aliphatic heterocycles. The number of amides is 1. The average Bonchev–Trinajstić information content (AvgIpc) is 3.25. The van der Waals surface area contributed by atoms with Crippen molar-refractivity contribution in [1.82, 2.24) is 0 Å². The molecule has 5 rings (SSSR count). The van der Waals surface area contributed by atoms with Crippen LogP contribution in [0.25, 0.3) is 11.3 Å². The Labute approximate surface area is 181 Å². The van der Waals surface area contributed by atoms with Gasteiger partial charge in [0.15, 0.2) is 11.4 Å². The van der Waals surface area contributed by atoms with E-state index in [2.05, 4.69) is 0 Å². The molecule has 0 saturated heterocycles. The van der Waals surface area contributed by atoms with E-state index in [1.165, 1.54) is 12.3 Å². The number of benzene rings is 1. The van der Waals surface area contributed by atoms with Crippen molar-refractivity contribution < 1.29 is 39.2 Å². The van der Waals surface area contributed by atoms with Gasteiger partial charge in [-0.1, -0.05) is 0 Å². The standard InChI is InChI=1S/C23H19NO8/c24-22(30)18-14(26)8-10-6-9-7-12-11(15-2-1-5-32-15)3-4-13(25)17(12)19(27)16(9)20(28)23(10,31)21(18)29/h1-5,9-10,25-26,28,31H,6-8H2,(H2,24,30)/t9?,10-,23-/m0/s1. The van der Waals surface area contributed by atoms with Gasteiger partial charge in [0, 0.05) is 23.5 Å². The molecule has 0 radical (unpaired) electrons. The summed E-state index contributed by atoms with van der Waals surface area (Å²) in [5.74, 6) is -5.99. The first-order valence-electron chi connectivity index (χ1n) is 10.0. The maximum atomic E-state index is 13.4. The molecule has 6 N–H and O–H groups in total. The van der Waals surface area contributed by atoms with Gasteiger partial charge in [-0.3, -0.25) is 14.4 Å². The van der Waals surface area contributed by atoms with Crippen molar-refractivity contribution in [1.29, 1.82) is 0 Å². The van der Waals surface area contributed by atoms with Crippen molar-refractivity contribution in [3.8, 4) is 17.1 Å². The molecule has 0 bridgehead atoms. The third kappa shape index (κ3) is 2.45. The predicted octanol–water partition coefficient (Wildman–Crippen LogP) is 1.84. The third-order valence-corrected chi connectivity index (χ3v) is 6.73. The van der Waals surface area contributed by atoms with Crippen LogP contribution >= 0.6 is 0 Å². The zero-order valence-corrected chi connectivity index (χ0v) is 16.7. The van der Waals surface area contributed by atoms with E-state index in [9.17, 15) is 34.8 Å². The summed E-state index contributed by atoms with van der Waals surface area (Å²) in [4.78, 5) is 38.0. The van der Waals surface area contributed by atoms with E-state index in [1.807, 2.05) is 0 Å². The van der Waals surface area contributed by atoms with Gasteiger partial charge in [-0.15, -0.1) is 0 Å². The Hall–Kier alpha value is -3.85. The van der Waals surface area contributed by atoms with Crippen LogP contribution in [-0.4, -0.2) is 43.5 Å². The number of rotatable bonds is 2. The lowest BCUT2D eigenvalue weighted by Crippen LogP contribution is -2.57. The minimum Gasteiger partial charge on any atom is -0.511 e. The van der Waals surface area contributed by atoms with Crippen LogP contribution in [0.2, 0.25) is 0 Å². The Bertz CT molecular complexity index is 1270. The van der Waals surface area contributed by atoms with Crippen molar-refractivity contribution in [2.24, 2.45) is 17.6 Å². The molecule has 3 aliphatic rings. The zero-order chi connectivity index (χ0) is 22.9. The molecule has 1 aromatic carbocycles. The SMILES string of the molecule is NC(=O)C1=C(O)C[C@@H]2CC3Cc4c(-c5ccco5)ccc(O)c4C(=O)C3=C(O)[C@]2(O)C1=O. The maximum absolute atomic E-state index is 13.4. The number of phenolic OH excluding ortho intramolecular Hbond substituents is 1. The number of hydrogen-bond acceptors (Lipinski definition) is 8. The maximum Gasteiger partial charge on any atom is 0.255 e. The highest BCUT2D eigenvalue weighted by Crippen LogP contribution is 2.52. The first-order valence-corrected chi connectivity index (χ1v) is 10.0. The molecule has 1 heterocycles. The number of aliphatic hydroxyl groups is 3. The molecule has 1 unspecified atom stereocenters. The largest absolute Gasteiger partial charge is 0.511 e. The second-order valence-electron chi connectivity index (χ2n) is 8.37. The van der Waals surface area contributed by atoms with E-state index in [0.717, 1.165) is 0 Å². The highest BCUT2D eigenvalue weighted by molar-refractivity contribution is 6.24. The van der Waals surface area contributed by atoms with E-state index >= 15 is 0 Å². The fraction of sp³-hybridized carbons (Fsp3) is 0.261. The van der Waals surface area contributed by atoms with Gasteiger partial charge in [0.25, 0.3) is 5.91 Å². The van der Waals surface area contributed by atoms with Crippen LogP contribution in [0.3, 0.4) is 0 Å². The van der Waals surface area contributed by atoms with Crippen LogP contribution < -0.4 is 5.73 Å². The number of furan rings is 1. The number of nitrogens with two attached hydrogens (primary N) is 1. The van der Waals surface area contributed by atoms with E-state index in [0.29, 0.717) is 16.9 Å². The second-order valence-corrected chi connectivity index (χ2v) is 8.37. The third-order valence-electron chi connectivity index (χ3n) is 6.73. The first-order chi connectivity index (χ1) is 15.2. The number of aromatic hydroxyl groups is 1. The average molecular weight is 437 g/mol. The minimum absolute atomic E-state index is 0.0458. The van der Waals surface area contributed by atoms with Crippen LogP contribution in [0.15, 0.2) is 57.6 Å². The number of ketones is 2. The predicted molar refractivity (Wildman–Crippen MR) is 109 cm³/mol. The highest BCUT2D eigenvalue weighted by Gasteiger charge is 2.59. The Morgan fingerprint density at radius 3 is 2.53 bits per heavy atom. The van der Waals surface area contributed by atoms with E-state index in [1.54, 1.807) is 18.2 Å². The van der Waals surface area contributed by atoms with Gasteiger partial charge in [-0.05, 0) is 48.6 Å². The number of aliphatic hydroxyl groups excluding tert-OH is 2. The molecule has 9 nitrogen and oxygen atoms in total. The Morgan fingerprint density at radius 2 is 1.88 bits per heavy atom. The van der Waals surface area contributed by atoms with Gasteiger partial charge in [-0.2, -0.15) is 0 Å². The number of primary amides is 1. The number of fused-ring (bicyclic) bond motifs is 3. The zero-order valence-electron chi connectivity index (χ0n) is 16.7. The van der Waals surface area contributed by atoms with Crippen LogP contribution in [-0.2, 0) is 16.0 Å². The lowest BCUT2D eigenvalue weighted by Gasteiger charge is -2.45. The summed E-state index contributed by atoms with van der Waals surface area (Å²) in [5.41, 5.74) is 2.72. The number of allylic oxidation sites excluding steroid dienone is 2. The quantitative estimate of drug-likeness (QED) is 0.443. The lowest BCUT2D eigenvalue weighted by atomic mass is 9.60. The van der Waals surface area contributed by atoms with Gasteiger partial charge in [0.05, 0.1) is 11.8 Å². The Balaban J connectivity index is 1.70. The summed E-state index contributed by atoms with van der Waals surface area (Å²) in [6.45, 7) is 0. The number of Topliss-reactive ketones (excluding diaryl/α,β-unsaturated/α-hetero) is 2.